The molecule has 0 spiro atoms. The summed E-state index contributed by atoms with van der Waals surface area (Å²) in [5.74, 6) is -1.90. The van der Waals surface area contributed by atoms with Crippen LogP contribution in [0.25, 0.3) is 0 Å². The first-order valence-electron chi connectivity index (χ1n) is 10.1. The molecule has 0 aromatic carbocycles. The lowest BCUT2D eigenvalue weighted by molar-refractivity contribution is 0.193. The van der Waals surface area contributed by atoms with Crippen molar-refractivity contribution >= 4 is 7.82 Å². The Morgan fingerprint density at radius 3 is 1.25 bits per heavy atom. The predicted molar refractivity (Wildman–Crippen MR) is 116 cm³/mol. The average Bonchev–Trinajstić information content (AvgIpc) is 2.50. The van der Waals surface area contributed by atoms with Crippen molar-refractivity contribution in [3.05, 3.63) is 0 Å². The second kappa shape index (κ2) is 18.9. The van der Waals surface area contributed by atoms with Gasteiger partial charge < -0.3 is 44.2 Å². The van der Waals surface area contributed by atoms with Gasteiger partial charge in [-0.15, -0.1) is 0 Å². The fourth-order valence-electron chi connectivity index (χ4n) is 1.90. The molecule has 0 aliphatic rings. The summed E-state index contributed by atoms with van der Waals surface area (Å²) in [6, 6.07) is 0. The molecule has 28 heavy (non-hydrogen) atoms. The molecule has 0 bridgehead atoms. The van der Waals surface area contributed by atoms with E-state index < -0.39 is 19.4 Å². The van der Waals surface area contributed by atoms with Gasteiger partial charge in [0.1, 0.15) is 11.6 Å². The van der Waals surface area contributed by atoms with Gasteiger partial charge in [0.05, 0.1) is 6.61 Å². The highest BCUT2D eigenvalue weighted by atomic mass is 31.2. The highest BCUT2D eigenvalue weighted by Gasteiger charge is 2.12. The van der Waals surface area contributed by atoms with Crippen LogP contribution < -0.4 is 34.4 Å². The van der Waals surface area contributed by atoms with Crippen LogP contribution in [0, 0.1) is 0 Å². The highest BCUT2D eigenvalue weighted by Crippen LogP contribution is 2.35. The van der Waals surface area contributed by atoms with Crippen LogP contribution in [-0.2, 0) is 9.09 Å². The zero-order valence-corrected chi connectivity index (χ0v) is 19.0. The molecule has 0 aliphatic heterocycles. The minimum Gasteiger partial charge on any atom is -0.303 e. The van der Waals surface area contributed by atoms with E-state index in [1.807, 2.05) is 6.92 Å². The van der Waals surface area contributed by atoms with E-state index in [1.165, 1.54) is 12.8 Å². The number of nitrogens with two attached hydrogens (primary N) is 6. The number of hydrogen-bond donors (Lipinski definition) is 8. The third-order valence-corrected chi connectivity index (χ3v) is 3.95. The standard InChI is InChI=1S/2C6H17N3.C5H13O4P/c2*1-2-3-4-5-6(7,8)9;1-2-3-4-5-9-10(6,7)8/h2*2-5,7-9H2,1H3;2-5H2,1H3,(H2,6,7,8). The van der Waals surface area contributed by atoms with Gasteiger partial charge in [0.25, 0.3) is 0 Å². The highest BCUT2D eigenvalue weighted by molar-refractivity contribution is 7.46. The van der Waals surface area contributed by atoms with E-state index in [2.05, 4.69) is 18.4 Å². The first-order chi connectivity index (χ1) is 12.7. The monoisotopic (exact) mass is 430 g/mol. The molecule has 0 rings (SSSR count). The largest absolute Gasteiger partial charge is 0.469 e. The van der Waals surface area contributed by atoms with Gasteiger partial charge in [-0.2, -0.15) is 0 Å². The van der Waals surface area contributed by atoms with Crippen molar-refractivity contribution in [1.82, 2.24) is 0 Å². The van der Waals surface area contributed by atoms with Crippen LogP contribution in [0.1, 0.15) is 91.4 Å². The second-order valence-electron chi connectivity index (χ2n) is 7.17. The average molecular weight is 431 g/mol. The first-order valence-corrected chi connectivity index (χ1v) is 11.6. The van der Waals surface area contributed by atoms with Gasteiger partial charge in [-0.3, -0.25) is 4.52 Å². The van der Waals surface area contributed by atoms with E-state index in [-0.39, 0.29) is 6.61 Å². The molecule has 0 saturated heterocycles. The van der Waals surface area contributed by atoms with Gasteiger partial charge in [-0.1, -0.05) is 59.3 Å². The van der Waals surface area contributed by atoms with Gasteiger partial charge in [-0.05, 0) is 32.1 Å². The van der Waals surface area contributed by atoms with Crippen LogP contribution >= 0.6 is 7.82 Å². The summed E-state index contributed by atoms with van der Waals surface area (Å²) >= 11 is 0. The molecular weight excluding hydrogens is 383 g/mol. The Balaban J connectivity index is -0.000000336. The van der Waals surface area contributed by atoms with Crippen LogP contribution in [0.5, 0.6) is 0 Å². The second-order valence-corrected chi connectivity index (χ2v) is 8.41. The molecular formula is C17H47N6O4P. The molecule has 0 atom stereocenters. The molecule has 0 fully saturated rings. The number of unbranched alkanes of at least 4 members (excludes halogenated alkanes) is 6. The molecule has 0 saturated carbocycles. The van der Waals surface area contributed by atoms with Crippen molar-refractivity contribution in [2.75, 3.05) is 6.61 Å². The topological polar surface area (TPSA) is 223 Å². The van der Waals surface area contributed by atoms with E-state index >= 15 is 0 Å². The molecule has 10 nitrogen and oxygen atoms in total. The van der Waals surface area contributed by atoms with E-state index in [9.17, 15) is 4.57 Å². The lowest BCUT2D eigenvalue weighted by Crippen LogP contribution is -2.57. The summed E-state index contributed by atoms with van der Waals surface area (Å²) in [5, 5.41) is 0. The van der Waals surface area contributed by atoms with Crippen LogP contribution in [-0.4, -0.2) is 28.0 Å². The minimum atomic E-state index is -4.21. The summed E-state index contributed by atoms with van der Waals surface area (Å²) in [5.41, 5.74) is 32.0. The molecule has 0 aromatic heterocycles. The van der Waals surface area contributed by atoms with Crippen molar-refractivity contribution in [2.45, 2.75) is 103 Å². The summed E-state index contributed by atoms with van der Waals surface area (Å²) in [6.07, 6.45) is 10.8. The number of hydrogen-bond acceptors (Lipinski definition) is 8. The van der Waals surface area contributed by atoms with E-state index in [0.717, 1.165) is 38.5 Å². The van der Waals surface area contributed by atoms with Crippen molar-refractivity contribution in [1.29, 1.82) is 0 Å². The SMILES string of the molecule is CCCCCC(N)(N)N.CCCCCC(N)(N)N.CCCCCOP(=O)(O)O. The van der Waals surface area contributed by atoms with Crippen LogP contribution in [0.15, 0.2) is 0 Å². The van der Waals surface area contributed by atoms with Gasteiger partial charge >= 0.3 is 7.82 Å². The molecule has 0 aromatic rings. The van der Waals surface area contributed by atoms with Crippen LogP contribution in [0.3, 0.4) is 0 Å². The maximum atomic E-state index is 10.1. The maximum Gasteiger partial charge on any atom is 0.469 e. The van der Waals surface area contributed by atoms with E-state index in [4.69, 9.17) is 44.2 Å². The molecule has 11 heteroatoms. The molecule has 174 valence electrons. The van der Waals surface area contributed by atoms with Crippen molar-refractivity contribution in [3.8, 4) is 0 Å². The first kappa shape index (κ1) is 32.5. The molecule has 14 N–H and O–H groups in total. The normalized spacial score (nSPS) is 12.0. The van der Waals surface area contributed by atoms with Gasteiger partial charge in [0.15, 0.2) is 0 Å². The van der Waals surface area contributed by atoms with Gasteiger partial charge in [-0.25, -0.2) is 4.57 Å². The quantitative estimate of drug-likeness (QED) is 0.119. The lowest BCUT2D eigenvalue weighted by atomic mass is 10.1. The lowest BCUT2D eigenvalue weighted by Gasteiger charge is -2.17. The van der Waals surface area contributed by atoms with Crippen molar-refractivity contribution < 1.29 is 18.9 Å². The Morgan fingerprint density at radius 2 is 1.00 bits per heavy atom. The Labute approximate surface area is 171 Å². The fraction of sp³-hybridized carbons (Fsp3) is 1.00. The number of phosphoric acid groups is 1. The Kier molecular flexibility index (Phi) is 21.9. The van der Waals surface area contributed by atoms with Gasteiger partial charge in [0.2, 0.25) is 0 Å². The summed E-state index contributed by atoms with van der Waals surface area (Å²) in [4.78, 5) is 16.4. The van der Waals surface area contributed by atoms with Gasteiger partial charge in [0, 0.05) is 0 Å². The summed E-state index contributed by atoms with van der Waals surface area (Å²) in [6.45, 7) is 6.42. The molecule has 0 amide bonds. The maximum absolute atomic E-state index is 10.1. The molecule has 0 radical (unpaired) electrons. The van der Waals surface area contributed by atoms with Crippen LogP contribution in [0.4, 0.5) is 0 Å². The summed E-state index contributed by atoms with van der Waals surface area (Å²) in [7, 11) is -4.21. The van der Waals surface area contributed by atoms with E-state index in [1.54, 1.807) is 0 Å². The zero-order valence-electron chi connectivity index (χ0n) is 18.1. The van der Waals surface area contributed by atoms with Crippen molar-refractivity contribution in [3.63, 3.8) is 0 Å². The van der Waals surface area contributed by atoms with Crippen molar-refractivity contribution in [2.24, 2.45) is 34.4 Å². The Hall–Kier alpha value is -0.130. The Bertz CT molecular complexity index is 350. The third-order valence-electron chi connectivity index (χ3n) is 3.43. The van der Waals surface area contributed by atoms with Crippen LogP contribution in [0.2, 0.25) is 0 Å². The Morgan fingerprint density at radius 1 is 0.679 bits per heavy atom. The summed E-state index contributed by atoms with van der Waals surface area (Å²) < 4.78 is 14.3. The van der Waals surface area contributed by atoms with E-state index in [0.29, 0.717) is 19.3 Å². The molecule has 0 unspecified atom stereocenters. The molecule has 0 heterocycles. The number of phosphoric ester groups is 1. The predicted octanol–water partition coefficient (Wildman–Crippen LogP) is 1.48. The number of rotatable bonds is 13. The smallest absolute Gasteiger partial charge is 0.303 e. The molecule has 0 aliphatic carbocycles. The minimum absolute atomic E-state index is 0.151. The zero-order chi connectivity index (χ0) is 22.7. The third kappa shape index (κ3) is 44.9. The fourth-order valence-corrected chi connectivity index (χ4v) is 2.26.